The highest BCUT2D eigenvalue weighted by atomic mass is 79.9. The highest BCUT2D eigenvalue weighted by Crippen LogP contribution is 2.20. The molecule has 6 nitrogen and oxygen atoms in total. The highest BCUT2D eigenvalue weighted by molar-refractivity contribution is 9.11. The number of nitrogens with one attached hydrogen (secondary N) is 2. The Balaban J connectivity index is 2.69. The molecule has 176 valence electrons. The Hall–Kier alpha value is -2.54. The van der Waals surface area contributed by atoms with Gasteiger partial charge in [-0.2, -0.15) is 0 Å². The Morgan fingerprint density at radius 3 is 2.50 bits per heavy atom. The number of phenols is 1. The zero-order chi connectivity index (χ0) is 24.1. The second-order valence-corrected chi connectivity index (χ2v) is 8.69. The molecule has 1 amide bonds. The summed E-state index contributed by atoms with van der Waals surface area (Å²) in [7, 11) is 1.96. The van der Waals surface area contributed by atoms with Crippen molar-refractivity contribution in [3.8, 4) is 5.75 Å². The van der Waals surface area contributed by atoms with Gasteiger partial charge in [0.2, 0.25) is 5.91 Å². The number of carbonyl (C=O) groups is 2. The topological polar surface area (TPSA) is 81.7 Å². The van der Waals surface area contributed by atoms with E-state index in [-0.39, 0.29) is 23.4 Å². The maximum Gasteiger partial charge on any atom is 0.222 e. The van der Waals surface area contributed by atoms with Gasteiger partial charge < -0.3 is 25.4 Å². The molecule has 32 heavy (non-hydrogen) atoms. The van der Waals surface area contributed by atoms with Crippen LogP contribution in [-0.2, 0) is 16.0 Å². The number of para-hydroxylation sites is 1. The smallest absolute Gasteiger partial charge is 0.222 e. The molecule has 1 atom stereocenters. The molecule has 0 fully saturated rings. The molecule has 3 N–H and O–H groups in total. The van der Waals surface area contributed by atoms with Crippen LogP contribution in [-0.4, -0.2) is 41.8 Å². The van der Waals surface area contributed by atoms with E-state index >= 15 is 0 Å². The van der Waals surface area contributed by atoms with E-state index in [0.717, 1.165) is 28.0 Å². The first-order valence-electron chi connectivity index (χ1n) is 10.9. The molecule has 0 aliphatic heterocycles. The number of nitrogens with zero attached hydrogens (tertiary/aromatic N) is 1. The van der Waals surface area contributed by atoms with Gasteiger partial charge in [0.05, 0.1) is 0 Å². The Morgan fingerprint density at radius 1 is 1.22 bits per heavy atom. The van der Waals surface area contributed by atoms with Crippen molar-refractivity contribution in [2.75, 3.05) is 20.1 Å². The summed E-state index contributed by atoms with van der Waals surface area (Å²) in [5, 5.41) is 16.4. The minimum atomic E-state index is -0.170. The van der Waals surface area contributed by atoms with Gasteiger partial charge in [0.1, 0.15) is 17.4 Å². The molecule has 7 heteroatoms. The van der Waals surface area contributed by atoms with Crippen molar-refractivity contribution in [1.29, 1.82) is 0 Å². The predicted octanol–water partition coefficient (Wildman–Crippen LogP) is 4.62. The first kappa shape index (κ1) is 27.5. The van der Waals surface area contributed by atoms with Crippen LogP contribution in [0.15, 0.2) is 59.0 Å². The van der Waals surface area contributed by atoms with Crippen molar-refractivity contribution >= 4 is 27.6 Å². The van der Waals surface area contributed by atoms with Crippen molar-refractivity contribution in [3.63, 3.8) is 0 Å². The molecule has 1 unspecified atom stereocenters. The molecule has 1 rings (SSSR count). The van der Waals surface area contributed by atoms with Gasteiger partial charge in [-0.25, -0.2) is 0 Å². The van der Waals surface area contributed by atoms with E-state index in [1.54, 1.807) is 25.1 Å². The summed E-state index contributed by atoms with van der Waals surface area (Å²) in [6, 6.07) is 7.28. The second-order valence-electron chi connectivity index (χ2n) is 7.83. The lowest BCUT2D eigenvalue weighted by Gasteiger charge is -2.26. The number of ketones is 1. The quantitative estimate of drug-likeness (QED) is 0.253. The normalized spacial score (nSPS) is 13.1. The van der Waals surface area contributed by atoms with Gasteiger partial charge >= 0.3 is 0 Å². The van der Waals surface area contributed by atoms with Crippen molar-refractivity contribution in [2.24, 2.45) is 5.92 Å². The van der Waals surface area contributed by atoms with Crippen molar-refractivity contribution in [3.05, 3.63) is 64.6 Å². The summed E-state index contributed by atoms with van der Waals surface area (Å²) < 4.78 is 0.891. The van der Waals surface area contributed by atoms with Crippen LogP contribution in [0.5, 0.6) is 5.75 Å². The molecule has 1 aromatic rings. The summed E-state index contributed by atoms with van der Waals surface area (Å²) in [5.41, 5.74) is 1.83. The first-order chi connectivity index (χ1) is 15.2. The van der Waals surface area contributed by atoms with Crippen LogP contribution in [0.25, 0.3) is 0 Å². The summed E-state index contributed by atoms with van der Waals surface area (Å²) in [6.45, 7) is 10.4. The maximum atomic E-state index is 12.1. The highest BCUT2D eigenvalue weighted by Gasteiger charge is 2.13. The number of carbonyl (C=O) groups excluding carboxylic acids is 2. The van der Waals surface area contributed by atoms with Crippen LogP contribution in [0, 0.1) is 5.92 Å². The molecule has 0 aliphatic carbocycles. The number of hydrogen-bond donors (Lipinski definition) is 3. The third kappa shape index (κ3) is 9.73. The molecule has 0 saturated heterocycles. The number of allylic oxidation sites excluding steroid dienone is 4. The van der Waals surface area contributed by atoms with E-state index in [1.165, 1.54) is 0 Å². The third-order valence-corrected chi connectivity index (χ3v) is 6.13. The van der Waals surface area contributed by atoms with E-state index in [1.807, 2.05) is 44.0 Å². The van der Waals surface area contributed by atoms with Gasteiger partial charge in [0, 0.05) is 42.7 Å². The second kappa shape index (κ2) is 14.5. The largest absolute Gasteiger partial charge is 0.508 e. The Kier molecular flexibility index (Phi) is 12.5. The summed E-state index contributed by atoms with van der Waals surface area (Å²) in [6.07, 6.45) is 6.11. The van der Waals surface area contributed by atoms with E-state index in [4.69, 9.17) is 0 Å². The average molecular weight is 506 g/mol. The molecular weight excluding hydrogens is 470 g/mol. The molecule has 0 saturated carbocycles. The third-order valence-electron chi connectivity index (χ3n) is 5.23. The van der Waals surface area contributed by atoms with Crippen LogP contribution in [0.3, 0.4) is 0 Å². The lowest BCUT2D eigenvalue weighted by molar-refractivity contribution is -0.125. The van der Waals surface area contributed by atoms with Crippen molar-refractivity contribution in [1.82, 2.24) is 15.5 Å². The fourth-order valence-corrected chi connectivity index (χ4v) is 3.21. The molecule has 0 bridgehead atoms. The number of aromatic hydroxyl groups is 1. The van der Waals surface area contributed by atoms with Crippen LogP contribution < -0.4 is 10.6 Å². The van der Waals surface area contributed by atoms with Gasteiger partial charge in [-0.05, 0) is 66.7 Å². The zero-order valence-electron chi connectivity index (χ0n) is 19.6. The van der Waals surface area contributed by atoms with Gasteiger partial charge in [-0.15, -0.1) is 0 Å². The van der Waals surface area contributed by atoms with E-state index in [0.29, 0.717) is 32.4 Å². The molecule has 0 aliphatic rings. The fraction of sp³-hybridized carbons (Fsp3) is 0.440. The fourth-order valence-electron chi connectivity index (χ4n) is 2.95. The number of phenolic OH excluding ortho intramolecular Hbond substituents is 1. The van der Waals surface area contributed by atoms with Crippen LogP contribution in [0.2, 0.25) is 0 Å². The predicted molar refractivity (Wildman–Crippen MR) is 134 cm³/mol. The van der Waals surface area contributed by atoms with Gasteiger partial charge in [0.15, 0.2) is 0 Å². The summed E-state index contributed by atoms with van der Waals surface area (Å²) in [4.78, 5) is 25.3. The number of Topliss-reactive ketones (excluding diaryl/α,β-unsaturated/α-hetero) is 1. The van der Waals surface area contributed by atoms with Crippen LogP contribution in [0.4, 0.5) is 0 Å². The lowest BCUT2D eigenvalue weighted by atomic mass is 10.0. The van der Waals surface area contributed by atoms with Crippen molar-refractivity contribution in [2.45, 2.75) is 46.5 Å². The average Bonchev–Trinajstić information content (AvgIpc) is 2.78. The van der Waals surface area contributed by atoms with E-state index < -0.39 is 0 Å². The summed E-state index contributed by atoms with van der Waals surface area (Å²) >= 11 is 3.52. The zero-order valence-corrected chi connectivity index (χ0v) is 21.2. The van der Waals surface area contributed by atoms with Gasteiger partial charge in [0.25, 0.3) is 0 Å². The monoisotopic (exact) mass is 505 g/mol. The minimum Gasteiger partial charge on any atom is -0.508 e. The van der Waals surface area contributed by atoms with Gasteiger partial charge in [-0.3, -0.25) is 4.79 Å². The maximum absolute atomic E-state index is 12.1. The molecule has 0 heterocycles. The number of rotatable bonds is 14. The number of hydrogen-bond acceptors (Lipinski definition) is 5. The van der Waals surface area contributed by atoms with Crippen LogP contribution >= 0.6 is 15.9 Å². The van der Waals surface area contributed by atoms with E-state index in [9.17, 15) is 14.7 Å². The minimum absolute atomic E-state index is 0.0209. The SMILES string of the molecule is C=C/C(Br)=C(/C)N(C)/C(=C\Cc1ccccc1O)NCCCNC(=O)C(C)CCC(C)=O. The lowest BCUT2D eigenvalue weighted by Crippen LogP contribution is -2.33. The molecule has 0 spiro atoms. The standard InChI is InChI=1S/C25H36BrN3O3/c1-6-22(26)20(4)29(5)24(15-14-21-10-7-8-11-23(21)31)27-16-9-17-28-25(32)18(2)12-13-19(3)30/h6-8,10-11,15,18,27,31H,1,9,12-14,16-17H2,2-5H3,(H,28,32)/b22-20+,24-15-. The Bertz CT molecular complexity index is 849. The molecule has 0 radical (unpaired) electrons. The first-order valence-corrected chi connectivity index (χ1v) is 11.7. The number of benzene rings is 1. The molecular formula is C25H36BrN3O3. The number of amides is 1. The molecule has 1 aromatic carbocycles. The summed E-state index contributed by atoms with van der Waals surface area (Å²) in [5.74, 6) is 1.08. The van der Waals surface area contributed by atoms with Crippen molar-refractivity contribution < 1.29 is 14.7 Å². The Labute approximate surface area is 200 Å². The van der Waals surface area contributed by atoms with Gasteiger partial charge in [-0.1, -0.05) is 37.8 Å². The van der Waals surface area contributed by atoms with E-state index in [2.05, 4.69) is 33.1 Å². The molecule has 0 aromatic heterocycles. The Morgan fingerprint density at radius 2 is 1.88 bits per heavy atom. The van der Waals surface area contributed by atoms with Crippen LogP contribution in [0.1, 0.15) is 45.6 Å². The number of halogens is 1.